The molecule has 5 nitrogen and oxygen atoms in total. The summed E-state index contributed by atoms with van der Waals surface area (Å²) in [5, 5.41) is 4.11. The van der Waals surface area contributed by atoms with Crippen LogP contribution in [0.2, 0.25) is 0 Å². The summed E-state index contributed by atoms with van der Waals surface area (Å²) in [7, 11) is 0. The maximum absolute atomic E-state index is 11.6. The van der Waals surface area contributed by atoms with E-state index in [1.54, 1.807) is 17.6 Å². The van der Waals surface area contributed by atoms with Crippen LogP contribution in [0.4, 0.5) is 0 Å². The van der Waals surface area contributed by atoms with Crippen LogP contribution in [0, 0.1) is 7.27 Å². The lowest BCUT2D eigenvalue weighted by atomic mass is 10.3. The van der Waals surface area contributed by atoms with Crippen molar-refractivity contribution < 1.29 is 9.53 Å². The zero-order valence-electron chi connectivity index (χ0n) is 8.28. The van der Waals surface area contributed by atoms with Crippen molar-refractivity contribution >= 4 is 56.8 Å². The van der Waals surface area contributed by atoms with Crippen LogP contribution in [0.25, 0.3) is 5.65 Å². The topological polar surface area (TPSA) is 56.5 Å². The second kappa shape index (κ2) is 4.82. The number of carbonyl (C=O) groups excluding carboxylic acids is 1. The molecule has 2 aromatic rings. The zero-order valence-corrected chi connectivity index (χ0v) is 12.6. The molecule has 0 saturated carbocycles. The van der Waals surface area contributed by atoms with Crippen LogP contribution in [0.1, 0.15) is 17.3 Å². The smallest absolute Gasteiger partial charge is 0.340 e. The van der Waals surface area contributed by atoms with Gasteiger partial charge in [-0.1, -0.05) is 0 Å². The highest BCUT2D eigenvalue weighted by molar-refractivity contribution is 14.1. The Hall–Kier alpha value is -0.450. The summed E-state index contributed by atoms with van der Waals surface area (Å²) in [5.41, 5.74) is 1.13. The summed E-state index contributed by atoms with van der Waals surface area (Å²) in [5.74, 6) is -0.361. The molecule has 0 aliphatic rings. The molecule has 16 heavy (non-hydrogen) atoms. The Bertz CT molecular complexity index is 553. The molecular formula is C9H7I2N3O2. The van der Waals surface area contributed by atoms with Gasteiger partial charge in [-0.2, -0.15) is 5.10 Å². The third-order valence-corrected chi connectivity index (χ3v) is 3.48. The van der Waals surface area contributed by atoms with Crippen molar-refractivity contribution in [2.24, 2.45) is 0 Å². The highest BCUT2D eigenvalue weighted by Gasteiger charge is 2.16. The van der Waals surface area contributed by atoms with E-state index in [2.05, 4.69) is 55.3 Å². The molecule has 0 fully saturated rings. The largest absolute Gasteiger partial charge is 0.462 e. The first-order chi connectivity index (χ1) is 7.63. The first kappa shape index (κ1) is 12.0. The summed E-state index contributed by atoms with van der Waals surface area (Å²) in [6.45, 7) is 2.13. The average Bonchev–Trinajstić information content (AvgIpc) is 2.60. The molecule has 0 aliphatic carbocycles. The molecule has 0 N–H and O–H groups in total. The summed E-state index contributed by atoms with van der Waals surface area (Å²) in [6.07, 6.45) is 3.30. The molecule has 0 spiro atoms. The van der Waals surface area contributed by atoms with Crippen molar-refractivity contribution in [3.8, 4) is 0 Å². The molecule has 0 amide bonds. The van der Waals surface area contributed by atoms with Gasteiger partial charge in [0.1, 0.15) is 3.70 Å². The zero-order chi connectivity index (χ0) is 11.7. The van der Waals surface area contributed by atoms with Gasteiger partial charge in [-0.15, -0.1) is 0 Å². The fraction of sp³-hybridized carbons (Fsp3) is 0.222. The number of imidazole rings is 1. The summed E-state index contributed by atoms with van der Waals surface area (Å²) < 4.78 is 8.18. The molecule has 2 rings (SSSR count). The number of esters is 1. The highest BCUT2D eigenvalue weighted by atomic mass is 127. The lowest BCUT2D eigenvalue weighted by Gasteiger charge is -2.04. The Morgan fingerprint density at radius 2 is 2.31 bits per heavy atom. The Morgan fingerprint density at radius 1 is 1.56 bits per heavy atom. The minimum absolute atomic E-state index is 0.353. The van der Waals surface area contributed by atoms with Gasteiger partial charge < -0.3 is 4.74 Å². The number of hydrogen-bond acceptors (Lipinski definition) is 4. The lowest BCUT2D eigenvalue weighted by Crippen LogP contribution is -2.09. The molecule has 0 radical (unpaired) electrons. The molecule has 0 aliphatic heterocycles. The first-order valence-electron chi connectivity index (χ1n) is 4.50. The van der Waals surface area contributed by atoms with Crippen LogP contribution < -0.4 is 0 Å². The van der Waals surface area contributed by atoms with Crippen LogP contribution in [0.3, 0.4) is 0 Å². The van der Waals surface area contributed by atoms with Crippen molar-refractivity contribution in [2.75, 3.05) is 6.61 Å². The van der Waals surface area contributed by atoms with Gasteiger partial charge in [0.05, 0.1) is 28.1 Å². The summed E-state index contributed by atoms with van der Waals surface area (Å²) in [6, 6.07) is 0. The van der Waals surface area contributed by atoms with Crippen LogP contribution >= 0.6 is 45.2 Å². The number of aromatic nitrogens is 3. The Kier molecular flexibility index (Phi) is 3.62. The fourth-order valence-corrected chi connectivity index (χ4v) is 2.45. The van der Waals surface area contributed by atoms with E-state index < -0.39 is 0 Å². The van der Waals surface area contributed by atoms with Gasteiger partial charge in [-0.05, 0) is 52.1 Å². The van der Waals surface area contributed by atoms with E-state index in [-0.39, 0.29) is 5.97 Å². The van der Waals surface area contributed by atoms with Gasteiger partial charge >= 0.3 is 5.97 Å². The monoisotopic (exact) mass is 443 g/mol. The Morgan fingerprint density at radius 3 is 3.00 bits per heavy atom. The minimum Gasteiger partial charge on any atom is -0.462 e. The predicted molar refractivity (Wildman–Crippen MR) is 74.4 cm³/mol. The molecule has 2 aromatic heterocycles. The number of rotatable bonds is 2. The normalized spacial score (nSPS) is 10.7. The SMILES string of the molecule is CCOC(=O)c1cnn2cc(I)nc2c1I. The van der Waals surface area contributed by atoms with E-state index in [4.69, 9.17) is 4.74 Å². The minimum atomic E-state index is -0.361. The van der Waals surface area contributed by atoms with Crippen molar-refractivity contribution in [1.82, 2.24) is 14.6 Å². The van der Waals surface area contributed by atoms with Crippen LogP contribution in [0.5, 0.6) is 0 Å². The van der Waals surface area contributed by atoms with E-state index in [1.807, 2.05) is 0 Å². The Balaban J connectivity index is 2.55. The molecule has 0 bridgehead atoms. The Labute approximate surface area is 119 Å². The molecular weight excluding hydrogens is 436 g/mol. The number of carbonyl (C=O) groups is 1. The van der Waals surface area contributed by atoms with Crippen LogP contribution in [0.15, 0.2) is 12.4 Å². The summed E-state index contributed by atoms with van der Waals surface area (Å²) >= 11 is 4.18. The third-order valence-electron chi connectivity index (χ3n) is 1.90. The van der Waals surface area contributed by atoms with Crippen molar-refractivity contribution in [3.63, 3.8) is 0 Å². The van der Waals surface area contributed by atoms with Crippen molar-refractivity contribution in [3.05, 3.63) is 25.2 Å². The van der Waals surface area contributed by atoms with E-state index in [0.29, 0.717) is 17.8 Å². The van der Waals surface area contributed by atoms with E-state index in [0.717, 1.165) is 7.27 Å². The van der Waals surface area contributed by atoms with Gasteiger partial charge in [-0.3, -0.25) is 0 Å². The number of fused-ring (bicyclic) bond motifs is 1. The number of ether oxygens (including phenoxy) is 1. The molecule has 84 valence electrons. The van der Waals surface area contributed by atoms with E-state index in [9.17, 15) is 4.79 Å². The van der Waals surface area contributed by atoms with Gasteiger partial charge in [0.2, 0.25) is 0 Å². The molecule has 0 atom stereocenters. The second-order valence-electron chi connectivity index (χ2n) is 2.92. The molecule has 0 unspecified atom stereocenters. The number of hydrogen-bond donors (Lipinski definition) is 0. The number of nitrogens with zero attached hydrogens (tertiary/aromatic N) is 3. The molecule has 0 saturated heterocycles. The maximum Gasteiger partial charge on any atom is 0.340 e. The second-order valence-corrected chi connectivity index (χ2v) is 5.11. The fourth-order valence-electron chi connectivity index (χ4n) is 1.23. The van der Waals surface area contributed by atoms with Crippen molar-refractivity contribution in [2.45, 2.75) is 6.92 Å². The quantitative estimate of drug-likeness (QED) is 0.528. The summed E-state index contributed by atoms with van der Waals surface area (Å²) in [4.78, 5) is 15.9. The maximum atomic E-state index is 11.6. The standard InChI is InChI=1S/C9H7I2N3O2/c1-2-16-9(15)5-3-12-14-4-6(10)13-8(14)7(5)11/h3-4H,2H2,1H3. The highest BCUT2D eigenvalue weighted by Crippen LogP contribution is 2.18. The average molecular weight is 443 g/mol. The van der Waals surface area contributed by atoms with Gasteiger partial charge in [0.25, 0.3) is 0 Å². The van der Waals surface area contributed by atoms with Crippen molar-refractivity contribution in [1.29, 1.82) is 0 Å². The molecule has 0 aromatic carbocycles. The molecule has 2 heterocycles. The third kappa shape index (κ3) is 2.14. The number of halogens is 2. The molecule has 7 heteroatoms. The van der Waals surface area contributed by atoms with E-state index >= 15 is 0 Å². The first-order valence-corrected chi connectivity index (χ1v) is 6.65. The van der Waals surface area contributed by atoms with Crippen LogP contribution in [-0.2, 0) is 4.74 Å². The lowest BCUT2D eigenvalue weighted by molar-refractivity contribution is 0.0524. The predicted octanol–water partition coefficient (Wildman–Crippen LogP) is 2.12. The van der Waals surface area contributed by atoms with Gasteiger partial charge in [0, 0.05) is 0 Å². The van der Waals surface area contributed by atoms with Gasteiger partial charge in [-0.25, -0.2) is 14.3 Å². The van der Waals surface area contributed by atoms with Gasteiger partial charge in [0.15, 0.2) is 5.65 Å². The van der Waals surface area contributed by atoms with Crippen LogP contribution in [-0.4, -0.2) is 27.2 Å². The van der Waals surface area contributed by atoms with E-state index in [1.165, 1.54) is 6.20 Å².